The minimum Gasteiger partial charge on any atom is -0.480 e. The first kappa shape index (κ1) is 28.1. The lowest BCUT2D eigenvalue weighted by Gasteiger charge is -2.22. The van der Waals surface area contributed by atoms with Crippen LogP contribution in [-0.2, 0) is 16.1 Å². The summed E-state index contributed by atoms with van der Waals surface area (Å²) in [5.74, 6) is 0.132. The molecule has 2 N–H and O–H groups in total. The standard InChI is InChI=1S/C28H31N9O3/c1-19(22-8-4-7-21(15-22)16-29)31-28(30-12-14-40-3)32-20(2)24-18-36(35-34-24)17-23-9-5-11-26(33-23)37-13-6-10-25(37)27(38)39/h4-5,7-9,11,15,18,25H,1,6,10,12-14,17H2,2-3H3,(H,30,31)(H,38,39)/t25-/m1/s1. The van der Waals surface area contributed by atoms with Crippen LogP contribution in [0.4, 0.5) is 5.82 Å². The third-order valence-corrected chi connectivity index (χ3v) is 6.29. The monoisotopic (exact) mass is 541 g/mol. The molecule has 3 heterocycles. The van der Waals surface area contributed by atoms with Crippen LogP contribution in [0.25, 0.3) is 5.70 Å². The molecule has 4 rings (SSSR count). The van der Waals surface area contributed by atoms with E-state index in [-0.39, 0.29) is 0 Å². The van der Waals surface area contributed by atoms with Crippen molar-refractivity contribution in [3.05, 3.63) is 77.8 Å². The summed E-state index contributed by atoms with van der Waals surface area (Å²) in [6, 6.07) is 14.2. The molecule has 1 atom stereocenters. The first-order valence-electron chi connectivity index (χ1n) is 12.8. The van der Waals surface area contributed by atoms with Crippen molar-refractivity contribution in [2.24, 2.45) is 9.98 Å². The Bertz CT molecular complexity index is 1470. The molecular formula is C28H31N9O3. The van der Waals surface area contributed by atoms with Crippen molar-refractivity contribution < 1.29 is 14.6 Å². The van der Waals surface area contributed by atoms with Crippen LogP contribution in [0.15, 0.2) is 65.2 Å². The van der Waals surface area contributed by atoms with Gasteiger partial charge in [-0.3, -0.25) is 0 Å². The van der Waals surface area contributed by atoms with Gasteiger partial charge in [-0.2, -0.15) is 5.26 Å². The second-order valence-electron chi connectivity index (χ2n) is 9.17. The van der Waals surface area contributed by atoms with Gasteiger partial charge in [-0.05, 0) is 49.6 Å². The fourth-order valence-corrected chi connectivity index (χ4v) is 4.27. The van der Waals surface area contributed by atoms with E-state index < -0.39 is 12.0 Å². The number of ether oxygens (including phenoxy) is 1. The summed E-state index contributed by atoms with van der Waals surface area (Å²) < 4.78 is 6.77. The highest BCUT2D eigenvalue weighted by molar-refractivity contribution is 6.05. The van der Waals surface area contributed by atoms with Gasteiger partial charge in [0.25, 0.3) is 0 Å². The van der Waals surface area contributed by atoms with Crippen LogP contribution in [-0.4, -0.2) is 75.6 Å². The zero-order valence-electron chi connectivity index (χ0n) is 22.5. The first-order chi connectivity index (χ1) is 19.4. The van der Waals surface area contributed by atoms with Gasteiger partial charge in [0.2, 0.25) is 5.96 Å². The Kier molecular flexibility index (Phi) is 9.32. The highest BCUT2D eigenvalue weighted by atomic mass is 16.5. The van der Waals surface area contributed by atoms with E-state index in [0.717, 1.165) is 17.7 Å². The van der Waals surface area contributed by atoms with Crippen LogP contribution >= 0.6 is 0 Å². The van der Waals surface area contributed by atoms with Crippen LogP contribution in [0.2, 0.25) is 0 Å². The van der Waals surface area contributed by atoms with E-state index in [2.05, 4.69) is 43.2 Å². The number of guanidine groups is 1. The lowest BCUT2D eigenvalue weighted by molar-refractivity contribution is -0.138. The van der Waals surface area contributed by atoms with Gasteiger partial charge < -0.3 is 20.1 Å². The molecule has 0 spiro atoms. The smallest absolute Gasteiger partial charge is 0.326 e. The number of anilines is 1. The summed E-state index contributed by atoms with van der Waals surface area (Å²) in [7, 11) is 1.60. The van der Waals surface area contributed by atoms with Crippen molar-refractivity contribution in [1.29, 1.82) is 5.26 Å². The number of aromatic nitrogens is 4. The van der Waals surface area contributed by atoms with Crippen LogP contribution in [0.3, 0.4) is 0 Å². The topological polar surface area (TPSA) is 154 Å². The molecule has 2 aromatic heterocycles. The Balaban J connectivity index is 1.48. The number of nitrogens with one attached hydrogen (secondary N) is 1. The predicted molar refractivity (Wildman–Crippen MR) is 151 cm³/mol. The van der Waals surface area contributed by atoms with Crippen molar-refractivity contribution in [1.82, 2.24) is 25.3 Å². The number of hydrogen-bond acceptors (Lipinski definition) is 8. The van der Waals surface area contributed by atoms with Gasteiger partial charge >= 0.3 is 5.97 Å². The van der Waals surface area contributed by atoms with E-state index in [4.69, 9.17) is 4.74 Å². The van der Waals surface area contributed by atoms with Crippen molar-refractivity contribution in [3.8, 4) is 6.07 Å². The lowest BCUT2D eigenvalue weighted by atomic mass is 10.1. The number of aliphatic carboxylic acids is 1. The van der Waals surface area contributed by atoms with Gasteiger partial charge in [0.1, 0.15) is 17.6 Å². The Hall–Kier alpha value is -4.89. The number of benzene rings is 1. The molecule has 1 fully saturated rings. The van der Waals surface area contributed by atoms with Crippen molar-refractivity contribution in [3.63, 3.8) is 0 Å². The van der Waals surface area contributed by atoms with Crippen molar-refractivity contribution in [2.75, 3.05) is 31.7 Å². The molecule has 1 aromatic carbocycles. The minimum absolute atomic E-state index is 0.324. The lowest BCUT2D eigenvalue weighted by Crippen LogP contribution is -2.36. The molecule has 0 aliphatic carbocycles. The van der Waals surface area contributed by atoms with Gasteiger partial charge in [0.15, 0.2) is 0 Å². The molecule has 1 saturated heterocycles. The summed E-state index contributed by atoms with van der Waals surface area (Å²) in [4.78, 5) is 27.2. The quantitative estimate of drug-likeness (QED) is 0.224. The molecule has 3 aromatic rings. The number of hydrogen-bond donors (Lipinski definition) is 2. The number of carboxylic acid groups (broad SMARTS) is 1. The van der Waals surface area contributed by atoms with Crippen LogP contribution in [0.1, 0.15) is 42.3 Å². The number of methoxy groups -OCH3 is 1. The average molecular weight is 542 g/mol. The summed E-state index contributed by atoms with van der Waals surface area (Å²) in [6.07, 6.45) is 3.19. The molecular weight excluding hydrogens is 510 g/mol. The Morgan fingerprint density at radius 2 is 2.15 bits per heavy atom. The highest BCUT2D eigenvalue weighted by Gasteiger charge is 2.31. The summed E-state index contributed by atoms with van der Waals surface area (Å²) in [6.45, 7) is 7.70. The highest BCUT2D eigenvalue weighted by Crippen LogP contribution is 2.24. The van der Waals surface area contributed by atoms with Crippen LogP contribution < -0.4 is 10.2 Å². The van der Waals surface area contributed by atoms with E-state index in [0.29, 0.717) is 67.1 Å². The zero-order valence-corrected chi connectivity index (χ0v) is 22.5. The SMILES string of the molecule is C=C(NC(=NCCOC)N=C(C)c1cn(Cc2cccc(N3CCC[C@@H]3C(=O)O)n2)nn1)c1cccc(C#N)c1. The van der Waals surface area contributed by atoms with E-state index in [9.17, 15) is 15.2 Å². The number of aliphatic imine (C=N–C) groups is 2. The van der Waals surface area contributed by atoms with Gasteiger partial charge in [0.05, 0.1) is 48.9 Å². The molecule has 0 unspecified atom stereocenters. The fourth-order valence-electron chi connectivity index (χ4n) is 4.27. The normalized spacial score (nSPS) is 15.6. The molecule has 0 radical (unpaired) electrons. The molecule has 40 heavy (non-hydrogen) atoms. The largest absolute Gasteiger partial charge is 0.480 e. The van der Waals surface area contributed by atoms with Crippen molar-refractivity contribution in [2.45, 2.75) is 32.4 Å². The number of pyridine rings is 1. The molecule has 1 aliphatic heterocycles. The molecule has 206 valence electrons. The summed E-state index contributed by atoms with van der Waals surface area (Å²) in [5, 5.41) is 30.3. The second-order valence-corrected chi connectivity index (χ2v) is 9.17. The van der Waals surface area contributed by atoms with E-state index in [1.54, 1.807) is 43.1 Å². The van der Waals surface area contributed by atoms with E-state index in [1.165, 1.54) is 0 Å². The first-order valence-corrected chi connectivity index (χ1v) is 12.8. The number of nitrogens with zero attached hydrogens (tertiary/aromatic N) is 8. The molecule has 0 bridgehead atoms. The average Bonchev–Trinajstić information content (AvgIpc) is 3.64. The fraction of sp³-hybridized carbons (Fsp3) is 0.321. The molecule has 0 amide bonds. The number of carboxylic acids is 1. The zero-order chi connectivity index (χ0) is 28.5. The van der Waals surface area contributed by atoms with Crippen LogP contribution in [0, 0.1) is 11.3 Å². The number of rotatable bonds is 10. The third kappa shape index (κ3) is 7.15. The Morgan fingerprint density at radius 3 is 2.92 bits per heavy atom. The van der Waals surface area contributed by atoms with Gasteiger partial charge in [0, 0.05) is 19.4 Å². The van der Waals surface area contributed by atoms with Gasteiger partial charge in [-0.25, -0.2) is 24.4 Å². The molecule has 1 aliphatic rings. The minimum atomic E-state index is -0.834. The molecule has 12 heteroatoms. The number of nitriles is 1. The second kappa shape index (κ2) is 13.3. The molecule has 0 saturated carbocycles. The third-order valence-electron chi connectivity index (χ3n) is 6.29. The Labute approximate surface area is 232 Å². The summed E-state index contributed by atoms with van der Waals surface area (Å²) in [5.41, 5.74) is 3.69. The van der Waals surface area contributed by atoms with E-state index in [1.807, 2.05) is 29.2 Å². The summed E-state index contributed by atoms with van der Waals surface area (Å²) >= 11 is 0. The maximum absolute atomic E-state index is 11.6. The maximum atomic E-state index is 11.6. The maximum Gasteiger partial charge on any atom is 0.326 e. The van der Waals surface area contributed by atoms with Gasteiger partial charge in [-0.15, -0.1) is 5.10 Å². The van der Waals surface area contributed by atoms with Crippen molar-refractivity contribution >= 4 is 29.2 Å². The Morgan fingerprint density at radius 1 is 1.32 bits per heavy atom. The van der Waals surface area contributed by atoms with Crippen LogP contribution in [0.5, 0.6) is 0 Å². The predicted octanol–water partition coefficient (Wildman–Crippen LogP) is 2.72. The molecule has 12 nitrogen and oxygen atoms in total. The van der Waals surface area contributed by atoms with Gasteiger partial charge in [-0.1, -0.05) is 30.0 Å². The number of carbonyl (C=O) groups is 1. The van der Waals surface area contributed by atoms with E-state index >= 15 is 0 Å².